The molecule has 1 N–H and O–H groups in total. The van der Waals surface area contributed by atoms with Gasteiger partial charge in [0.25, 0.3) is 17.1 Å². The molecule has 3 aromatic carbocycles. The molecule has 0 aliphatic carbocycles. The van der Waals surface area contributed by atoms with Crippen LogP contribution in [0.25, 0.3) is 6.08 Å². The van der Waals surface area contributed by atoms with Crippen molar-refractivity contribution in [2.24, 2.45) is 0 Å². The number of nitrogens with one attached hydrogen (secondary N) is 1. The molecule has 34 heavy (non-hydrogen) atoms. The molecule has 1 heterocycles. The van der Waals surface area contributed by atoms with Crippen LogP contribution in [0.3, 0.4) is 0 Å². The first-order valence-electron chi connectivity index (χ1n) is 10.5. The highest BCUT2D eigenvalue weighted by molar-refractivity contribution is 9.10. The predicted molar refractivity (Wildman–Crippen MR) is 137 cm³/mol. The van der Waals surface area contributed by atoms with Gasteiger partial charge in [0.05, 0.1) is 11.4 Å². The van der Waals surface area contributed by atoms with Gasteiger partial charge in [-0.1, -0.05) is 58.4 Å². The van der Waals surface area contributed by atoms with Crippen molar-refractivity contribution in [3.63, 3.8) is 0 Å². The lowest BCUT2D eigenvalue weighted by Crippen LogP contribution is -2.27. The summed E-state index contributed by atoms with van der Waals surface area (Å²) in [6.07, 6.45) is 1.68. The van der Waals surface area contributed by atoms with Crippen LogP contribution in [0.2, 0.25) is 0 Å². The number of amides is 3. The number of thioether (sulfide) groups is 1. The minimum absolute atomic E-state index is 0.124. The van der Waals surface area contributed by atoms with Crippen molar-refractivity contribution in [1.82, 2.24) is 4.90 Å². The maximum atomic E-state index is 12.8. The molecule has 0 saturated carbocycles. The average molecular weight is 537 g/mol. The first-order chi connectivity index (χ1) is 16.4. The summed E-state index contributed by atoms with van der Waals surface area (Å²) >= 11 is 4.37. The van der Waals surface area contributed by atoms with E-state index in [2.05, 4.69) is 21.2 Å². The molecule has 0 unspecified atom stereocenters. The van der Waals surface area contributed by atoms with Gasteiger partial charge in [0, 0.05) is 10.2 Å². The van der Waals surface area contributed by atoms with Crippen molar-refractivity contribution in [2.45, 2.75) is 13.5 Å². The van der Waals surface area contributed by atoms with E-state index in [0.29, 0.717) is 10.7 Å². The molecule has 1 aliphatic rings. The van der Waals surface area contributed by atoms with Crippen LogP contribution in [0, 0.1) is 6.92 Å². The number of benzene rings is 3. The third-order valence-corrected chi connectivity index (χ3v) is 6.69. The maximum Gasteiger partial charge on any atom is 0.293 e. The second-order valence-corrected chi connectivity index (χ2v) is 9.48. The minimum Gasteiger partial charge on any atom is -0.484 e. The number of carbonyl (C=O) groups is 3. The number of halogens is 1. The van der Waals surface area contributed by atoms with E-state index in [1.807, 2.05) is 55.5 Å². The topological polar surface area (TPSA) is 75.7 Å². The molecular weight excluding hydrogens is 516 g/mol. The van der Waals surface area contributed by atoms with Crippen molar-refractivity contribution in [1.29, 1.82) is 0 Å². The Kier molecular flexibility index (Phi) is 7.49. The third-order valence-electron chi connectivity index (χ3n) is 5.01. The van der Waals surface area contributed by atoms with Crippen molar-refractivity contribution in [3.05, 3.63) is 98.9 Å². The zero-order valence-corrected chi connectivity index (χ0v) is 20.7. The van der Waals surface area contributed by atoms with E-state index in [1.54, 1.807) is 30.3 Å². The molecular formula is C26H21BrN2O4S. The Morgan fingerprint density at radius 2 is 1.82 bits per heavy atom. The van der Waals surface area contributed by atoms with Gasteiger partial charge in [0.2, 0.25) is 0 Å². The van der Waals surface area contributed by atoms with Gasteiger partial charge < -0.3 is 10.1 Å². The first-order valence-corrected chi connectivity index (χ1v) is 12.1. The summed E-state index contributed by atoms with van der Waals surface area (Å²) in [6, 6.07) is 22.0. The van der Waals surface area contributed by atoms with E-state index in [-0.39, 0.29) is 30.2 Å². The number of imide groups is 1. The number of aryl methyl sites for hydroxylation is 1. The zero-order valence-electron chi connectivity index (χ0n) is 18.3. The van der Waals surface area contributed by atoms with Crippen LogP contribution < -0.4 is 10.1 Å². The molecule has 1 fully saturated rings. The molecule has 3 amide bonds. The van der Waals surface area contributed by atoms with Crippen LogP contribution in [0.1, 0.15) is 16.7 Å². The Bertz CT molecular complexity index is 1270. The molecule has 4 rings (SSSR count). The Morgan fingerprint density at radius 1 is 1.06 bits per heavy atom. The third kappa shape index (κ3) is 5.95. The normalized spacial score (nSPS) is 14.5. The van der Waals surface area contributed by atoms with Gasteiger partial charge in [-0.2, -0.15) is 0 Å². The monoisotopic (exact) mass is 536 g/mol. The molecule has 0 bridgehead atoms. The predicted octanol–water partition coefficient (Wildman–Crippen LogP) is 6.01. The largest absolute Gasteiger partial charge is 0.484 e. The van der Waals surface area contributed by atoms with Gasteiger partial charge in [0.1, 0.15) is 5.75 Å². The lowest BCUT2D eigenvalue weighted by atomic mass is 10.2. The molecule has 1 aliphatic heterocycles. The van der Waals surface area contributed by atoms with E-state index < -0.39 is 0 Å². The van der Waals surface area contributed by atoms with Crippen LogP contribution >= 0.6 is 27.7 Å². The summed E-state index contributed by atoms with van der Waals surface area (Å²) in [5.74, 6) is -0.0501. The number of anilines is 1. The number of hydrogen-bond acceptors (Lipinski definition) is 5. The van der Waals surface area contributed by atoms with Crippen LogP contribution in [0.15, 0.2) is 82.2 Å². The van der Waals surface area contributed by atoms with Gasteiger partial charge >= 0.3 is 0 Å². The lowest BCUT2D eigenvalue weighted by Gasteiger charge is -2.13. The number of rotatable bonds is 7. The Hall–Kier alpha value is -3.36. The highest BCUT2D eigenvalue weighted by atomic mass is 79.9. The van der Waals surface area contributed by atoms with Crippen molar-refractivity contribution < 1.29 is 19.1 Å². The number of nitrogens with zero attached hydrogens (tertiary/aromatic N) is 1. The molecule has 0 spiro atoms. The number of carbonyl (C=O) groups excluding carboxylic acids is 3. The molecule has 172 valence electrons. The Morgan fingerprint density at radius 3 is 2.56 bits per heavy atom. The highest BCUT2D eigenvalue weighted by Crippen LogP contribution is 2.34. The summed E-state index contributed by atoms with van der Waals surface area (Å²) in [7, 11) is 0. The van der Waals surface area contributed by atoms with Gasteiger partial charge in [-0.3, -0.25) is 19.3 Å². The molecule has 8 heteroatoms. The molecule has 3 aromatic rings. The number of ether oxygens (including phenoxy) is 1. The Balaban J connectivity index is 1.35. The fourth-order valence-electron chi connectivity index (χ4n) is 3.31. The van der Waals surface area contributed by atoms with Crippen LogP contribution in [-0.2, 0) is 16.1 Å². The Labute approximate surface area is 210 Å². The summed E-state index contributed by atoms with van der Waals surface area (Å²) in [5.41, 5.74) is 3.39. The second-order valence-electron chi connectivity index (χ2n) is 7.63. The van der Waals surface area contributed by atoms with E-state index in [1.165, 1.54) is 4.90 Å². The standard InChI is InChI=1S/C26H21BrN2O4S/c1-17-5-4-7-20(13-17)28-24(30)16-33-21-11-9-18(10-12-21)14-23-25(31)29(26(32)34-23)15-19-6-2-3-8-22(19)27/h2-14H,15-16H2,1H3,(H,28,30)/b23-14+. The highest BCUT2D eigenvalue weighted by Gasteiger charge is 2.35. The van der Waals surface area contributed by atoms with Crippen LogP contribution in [0.4, 0.5) is 10.5 Å². The molecule has 6 nitrogen and oxygen atoms in total. The van der Waals surface area contributed by atoms with Crippen molar-refractivity contribution in [3.8, 4) is 5.75 Å². The zero-order chi connectivity index (χ0) is 24.1. The summed E-state index contributed by atoms with van der Waals surface area (Å²) in [6.45, 7) is 2.04. The first kappa shape index (κ1) is 23.8. The van der Waals surface area contributed by atoms with Crippen molar-refractivity contribution >= 4 is 56.5 Å². The number of hydrogen-bond donors (Lipinski definition) is 1. The lowest BCUT2D eigenvalue weighted by molar-refractivity contribution is -0.123. The second kappa shape index (κ2) is 10.7. The SMILES string of the molecule is Cc1cccc(NC(=O)COc2ccc(/C=C3/SC(=O)N(Cc4ccccc4Br)C3=O)cc2)c1. The van der Waals surface area contributed by atoms with Gasteiger partial charge in [-0.05, 0) is 71.8 Å². The van der Waals surface area contributed by atoms with Crippen LogP contribution in [-0.4, -0.2) is 28.6 Å². The fourth-order valence-corrected chi connectivity index (χ4v) is 4.56. The van der Waals surface area contributed by atoms with Gasteiger partial charge in [0.15, 0.2) is 6.61 Å². The summed E-state index contributed by atoms with van der Waals surface area (Å²) < 4.78 is 6.40. The smallest absolute Gasteiger partial charge is 0.293 e. The van der Waals surface area contributed by atoms with Gasteiger partial charge in [-0.15, -0.1) is 0 Å². The van der Waals surface area contributed by atoms with Gasteiger partial charge in [-0.25, -0.2) is 0 Å². The molecule has 0 aromatic heterocycles. The fraction of sp³-hybridized carbons (Fsp3) is 0.115. The molecule has 0 radical (unpaired) electrons. The van der Waals surface area contributed by atoms with E-state index in [0.717, 1.165) is 38.6 Å². The summed E-state index contributed by atoms with van der Waals surface area (Å²) in [4.78, 5) is 38.9. The molecule has 0 atom stereocenters. The average Bonchev–Trinajstić information content (AvgIpc) is 3.07. The van der Waals surface area contributed by atoms with E-state index in [4.69, 9.17) is 4.74 Å². The van der Waals surface area contributed by atoms with E-state index in [9.17, 15) is 14.4 Å². The maximum absolute atomic E-state index is 12.8. The summed E-state index contributed by atoms with van der Waals surface area (Å²) in [5, 5.41) is 2.49. The quantitative estimate of drug-likeness (QED) is 0.374. The van der Waals surface area contributed by atoms with E-state index >= 15 is 0 Å². The van der Waals surface area contributed by atoms with Crippen molar-refractivity contribution in [2.75, 3.05) is 11.9 Å². The molecule has 1 saturated heterocycles. The van der Waals surface area contributed by atoms with Crippen LogP contribution in [0.5, 0.6) is 5.75 Å². The minimum atomic E-state index is -0.320.